The first-order chi connectivity index (χ1) is 5.83. The molecule has 1 heterocycles. The van der Waals surface area contributed by atoms with Crippen LogP contribution < -0.4 is 5.32 Å². The normalized spacial score (nSPS) is 9.17. The molecule has 0 aliphatic carbocycles. The summed E-state index contributed by atoms with van der Waals surface area (Å²) in [5.41, 5.74) is 0. The van der Waals surface area contributed by atoms with E-state index in [0.717, 1.165) is 17.0 Å². The molecule has 0 aromatic carbocycles. The largest absolute Gasteiger partial charge is 0.453 e. The molecular weight excluding hydrogens is 218 g/mol. The zero-order chi connectivity index (χ0) is 8.81. The summed E-state index contributed by atoms with van der Waals surface area (Å²) in [6.07, 6.45) is 0. The van der Waals surface area contributed by atoms with Gasteiger partial charge in [-0.05, 0) is 35.0 Å². The highest BCUT2D eigenvalue weighted by Gasteiger charge is 1.96. The van der Waals surface area contributed by atoms with Crippen molar-refractivity contribution in [3.05, 3.63) is 22.6 Å². The Labute approximate surface area is 80.5 Å². The minimum atomic E-state index is 0.703. The first-order valence-corrected chi connectivity index (χ1v) is 4.47. The lowest BCUT2D eigenvalue weighted by molar-refractivity contribution is 0.472. The van der Waals surface area contributed by atoms with Crippen LogP contribution in [0, 0.1) is 11.8 Å². The molecule has 12 heavy (non-hydrogen) atoms. The number of halogens is 1. The fourth-order valence-corrected chi connectivity index (χ4v) is 1.12. The van der Waals surface area contributed by atoms with Gasteiger partial charge in [-0.15, -0.1) is 5.92 Å². The van der Waals surface area contributed by atoms with Crippen molar-refractivity contribution in [2.75, 3.05) is 6.54 Å². The maximum absolute atomic E-state index is 5.27. The summed E-state index contributed by atoms with van der Waals surface area (Å²) in [5, 5.41) is 3.13. The van der Waals surface area contributed by atoms with Gasteiger partial charge in [-0.3, -0.25) is 5.32 Å². The van der Waals surface area contributed by atoms with Gasteiger partial charge in [-0.25, -0.2) is 0 Å². The molecule has 1 aromatic rings. The molecule has 1 aromatic heterocycles. The Morgan fingerprint density at radius 2 is 2.42 bits per heavy atom. The van der Waals surface area contributed by atoms with Crippen molar-refractivity contribution < 1.29 is 4.42 Å². The van der Waals surface area contributed by atoms with Crippen LogP contribution in [-0.4, -0.2) is 6.54 Å². The monoisotopic (exact) mass is 227 g/mol. The molecule has 0 atom stereocenters. The molecule has 1 N–H and O–H groups in total. The van der Waals surface area contributed by atoms with Crippen LogP contribution in [0.3, 0.4) is 0 Å². The summed E-state index contributed by atoms with van der Waals surface area (Å²) in [6, 6.07) is 3.80. The fourth-order valence-electron chi connectivity index (χ4n) is 0.783. The van der Waals surface area contributed by atoms with Crippen molar-refractivity contribution in [2.45, 2.75) is 13.5 Å². The van der Waals surface area contributed by atoms with Crippen LogP contribution in [0.4, 0.5) is 0 Å². The second kappa shape index (κ2) is 5.02. The number of hydrogen-bond acceptors (Lipinski definition) is 2. The van der Waals surface area contributed by atoms with Crippen molar-refractivity contribution in [2.24, 2.45) is 0 Å². The summed E-state index contributed by atoms with van der Waals surface area (Å²) in [6.45, 7) is 3.25. The lowest BCUT2D eigenvalue weighted by Crippen LogP contribution is -2.12. The van der Waals surface area contributed by atoms with E-state index in [2.05, 4.69) is 33.1 Å². The van der Waals surface area contributed by atoms with Crippen molar-refractivity contribution in [3.8, 4) is 11.8 Å². The van der Waals surface area contributed by atoms with E-state index >= 15 is 0 Å². The highest BCUT2D eigenvalue weighted by Crippen LogP contribution is 2.13. The van der Waals surface area contributed by atoms with E-state index in [-0.39, 0.29) is 0 Å². The molecule has 64 valence electrons. The molecule has 0 aliphatic heterocycles. The van der Waals surface area contributed by atoms with Crippen molar-refractivity contribution in [1.82, 2.24) is 5.32 Å². The van der Waals surface area contributed by atoms with Gasteiger partial charge in [0.1, 0.15) is 5.76 Å². The van der Waals surface area contributed by atoms with Crippen LogP contribution in [0.5, 0.6) is 0 Å². The van der Waals surface area contributed by atoms with E-state index in [1.54, 1.807) is 0 Å². The number of furan rings is 1. The van der Waals surface area contributed by atoms with Crippen LogP contribution in [0.25, 0.3) is 0 Å². The van der Waals surface area contributed by atoms with Gasteiger partial charge in [-0.1, -0.05) is 5.92 Å². The van der Waals surface area contributed by atoms with Gasteiger partial charge in [0, 0.05) is 0 Å². The number of rotatable bonds is 3. The average molecular weight is 228 g/mol. The lowest BCUT2D eigenvalue weighted by atomic mass is 10.4. The Hall–Kier alpha value is -0.720. The van der Waals surface area contributed by atoms with Gasteiger partial charge in [0.25, 0.3) is 0 Å². The fraction of sp³-hybridized carbons (Fsp3) is 0.333. The average Bonchev–Trinajstić information content (AvgIpc) is 2.45. The molecule has 1 rings (SSSR count). The third kappa shape index (κ3) is 3.12. The standard InChI is InChI=1S/C9H10BrNO/c1-2-3-6-11-7-8-4-5-9(10)12-8/h4-5,11H,6-7H2,1H3. The van der Waals surface area contributed by atoms with Gasteiger partial charge >= 0.3 is 0 Å². The summed E-state index contributed by atoms with van der Waals surface area (Å²) in [5.74, 6) is 6.63. The first kappa shape index (κ1) is 9.37. The molecule has 0 amide bonds. The smallest absolute Gasteiger partial charge is 0.169 e. The predicted molar refractivity (Wildman–Crippen MR) is 51.6 cm³/mol. The Morgan fingerprint density at radius 1 is 1.58 bits per heavy atom. The summed E-state index contributed by atoms with van der Waals surface area (Å²) in [4.78, 5) is 0. The van der Waals surface area contributed by atoms with Gasteiger partial charge in [0.15, 0.2) is 4.67 Å². The van der Waals surface area contributed by atoms with E-state index < -0.39 is 0 Å². The third-order valence-electron chi connectivity index (χ3n) is 1.32. The highest BCUT2D eigenvalue weighted by molar-refractivity contribution is 9.10. The molecule has 2 nitrogen and oxygen atoms in total. The molecule has 0 fully saturated rings. The second-order valence-corrected chi connectivity index (χ2v) is 3.02. The molecular formula is C9H10BrNO. The number of nitrogens with one attached hydrogen (secondary N) is 1. The maximum atomic E-state index is 5.27. The SMILES string of the molecule is CC#CCNCc1ccc(Br)o1. The van der Waals surface area contributed by atoms with E-state index in [1.165, 1.54) is 0 Å². The zero-order valence-corrected chi connectivity index (χ0v) is 8.44. The van der Waals surface area contributed by atoms with Crippen molar-refractivity contribution >= 4 is 15.9 Å². The van der Waals surface area contributed by atoms with Gasteiger partial charge in [0.05, 0.1) is 13.1 Å². The Balaban J connectivity index is 2.27. The summed E-state index contributed by atoms with van der Waals surface area (Å²) in [7, 11) is 0. The molecule has 0 radical (unpaired) electrons. The van der Waals surface area contributed by atoms with Crippen LogP contribution in [-0.2, 0) is 6.54 Å². The van der Waals surface area contributed by atoms with Crippen LogP contribution in [0.2, 0.25) is 0 Å². The van der Waals surface area contributed by atoms with E-state index in [9.17, 15) is 0 Å². The lowest BCUT2D eigenvalue weighted by Gasteiger charge is -1.94. The summed E-state index contributed by atoms with van der Waals surface area (Å²) < 4.78 is 6.03. The van der Waals surface area contributed by atoms with Gasteiger partial charge in [-0.2, -0.15) is 0 Å². The van der Waals surface area contributed by atoms with Crippen LogP contribution in [0.1, 0.15) is 12.7 Å². The minimum absolute atomic E-state index is 0.703. The Kier molecular flexibility index (Phi) is 3.92. The zero-order valence-electron chi connectivity index (χ0n) is 6.86. The van der Waals surface area contributed by atoms with Crippen LogP contribution >= 0.6 is 15.9 Å². The molecule has 3 heteroatoms. The molecule has 0 bridgehead atoms. The van der Waals surface area contributed by atoms with Gasteiger partial charge < -0.3 is 4.42 Å². The van der Waals surface area contributed by atoms with Crippen molar-refractivity contribution in [3.63, 3.8) is 0 Å². The van der Waals surface area contributed by atoms with E-state index in [1.807, 2.05) is 19.1 Å². The second-order valence-electron chi connectivity index (χ2n) is 2.24. The van der Waals surface area contributed by atoms with Gasteiger partial charge in [0.2, 0.25) is 0 Å². The first-order valence-electron chi connectivity index (χ1n) is 3.67. The Morgan fingerprint density at radius 3 is 3.00 bits per heavy atom. The van der Waals surface area contributed by atoms with E-state index in [4.69, 9.17) is 4.42 Å². The molecule has 0 spiro atoms. The quantitative estimate of drug-likeness (QED) is 0.633. The topological polar surface area (TPSA) is 25.2 Å². The Bertz CT molecular complexity index is 295. The van der Waals surface area contributed by atoms with E-state index in [0.29, 0.717) is 6.54 Å². The third-order valence-corrected chi connectivity index (χ3v) is 1.74. The van der Waals surface area contributed by atoms with Crippen LogP contribution in [0.15, 0.2) is 21.2 Å². The van der Waals surface area contributed by atoms with Crippen molar-refractivity contribution in [1.29, 1.82) is 0 Å². The maximum Gasteiger partial charge on any atom is 0.169 e. The number of hydrogen-bond donors (Lipinski definition) is 1. The highest BCUT2D eigenvalue weighted by atomic mass is 79.9. The predicted octanol–water partition coefficient (Wildman–Crippen LogP) is 2.16. The molecule has 0 unspecified atom stereocenters. The summed E-state index contributed by atoms with van der Waals surface area (Å²) >= 11 is 3.23. The minimum Gasteiger partial charge on any atom is -0.453 e. The molecule has 0 saturated carbocycles. The molecule has 0 aliphatic rings. The molecule has 0 saturated heterocycles.